The fourth-order valence-corrected chi connectivity index (χ4v) is 2.35. The maximum Gasteiger partial charge on any atom is 0.0596 e. The highest BCUT2D eigenvalue weighted by Crippen LogP contribution is 2.36. The van der Waals surface area contributed by atoms with Gasteiger partial charge in [0.05, 0.1) is 6.10 Å². The maximum atomic E-state index is 10.2. The molecule has 0 aromatic heterocycles. The molecule has 0 saturated heterocycles. The molecule has 0 aliphatic heterocycles. The first-order chi connectivity index (χ1) is 6.66. The van der Waals surface area contributed by atoms with Crippen LogP contribution < -0.4 is 0 Å². The van der Waals surface area contributed by atoms with E-state index in [2.05, 4.69) is 27.7 Å². The van der Waals surface area contributed by atoms with Gasteiger partial charge in [-0.2, -0.15) is 0 Å². The zero-order valence-electron chi connectivity index (χ0n) is 10.5. The van der Waals surface area contributed by atoms with Gasteiger partial charge in [0.15, 0.2) is 0 Å². The van der Waals surface area contributed by atoms with E-state index in [1.165, 1.54) is 19.3 Å². The van der Waals surface area contributed by atoms with Gasteiger partial charge in [0, 0.05) is 0 Å². The molecule has 0 radical (unpaired) electrons. The van der Waals surface area contributed by atoms with Crippen molar-refractivity contribution in [1.29, 1.82) is 0 Å². The number of aliphatic hydroxyl groups excluding tert-OH is 1. The first-order valence-corrected chi connectivity index (χ1v) is 6.34. The van der Waals surface area contributed by atoms with Crippen LogP contribution in [0.15, 0.2) is 0 Å². The molecule has 0 aliphatic rings. The summed E-state index contributed by atoms with van der Waals surface area (Å²) in [4.78, 5) is 0. The van der Waals surface area contributed by atoms with Crippen LogP contribution in [-0.4, -0.2) is 11.2 Å². The minimum atomic E-state index is -0.0888. The molecule has 1 unspecified atom stereocenters. The first kappa shape index (κ1) is 14.0. The van der Waals surface area contributed by atoms with Crippen LogP contribution in [0.3, 0.4) is 0 Å². The SMILES string of the molecule is CCCCCC(O)C(CC)(CC)CC. The highest BCUT2D eigenvalue weighted by atomic mass is 16.3. The summed E-state index contributed by atoms with van der Waals surface area (Å²) in [6.07, 6.45) is 7.89. The fourth-order valence-electron chi connectivity index (χ4n) is 2.35. The third kappa shape index (κ3) is 3.61. The molecule has 0 saturated carbocycles. The molecule has 0 fully saturated rings. The van der Waals surface area contributed by atoms with Gasteiger partial charge in [0.2, 0.25) is 0 Å². The Balaban J connectivity index is 4.07. The Morgan fingerprint density at radius 1 is 0.929 bits per heavy atom. The van der Waals surface area contributed by atoms with Gasteiger partial charge in [-0.25, -0.2) is 0 Å². The van der Waals surface area contributed by atoms with Crippen LogP contribution >= 0.6 is 0 Å². The van der Waals surface area contributed by atoms with Crippen molar-refractivity contribution in [3.63, 3.8) is 0 Å². The van der Waals surface area contributed by atoms with Crippen LogP contribution in [0.1, 0.15) is 72.6 Å². The van der Waals surface area contributed by atoms with Crippen LogP contribution in [0.2, 0.25) is 0 Å². The number of hydrogen-bond donors (Lipinski definition) is 1. The topological polar surface area (TPSA) is 20.2 Å². The van der Waals surface area contributed by atoms with Crippen molar-refractivity contribution in [3.05, 3.63) is 0 Å². The molecule has 0 bridgehead atoms. The molecule has 0 spiro atoms. The van der Waals surface area contributed by atoms with E-state index in [0.29, 0.717) is 0 Å². The Bertz CT molecular complexity index is 119. The average Bonchev–Trinajstić information content (AvgIpc) is 2.22. The van der Waals surface area contributed by atoms with Crippen molar-refractivity contribution in [1.82, 2.24) is 0 Å². The lowest BCUT2D eigenvalue weighted by Crippen LogP contribution is -2.33. The highest BCUT2D eigenvalue weighted by Gasteiger charge is 2.31. The monoisotopic (exact) mass is 200 g/mol. The summed E-state index contributed by atoms with van der Waals surface area (Å²) in [6, 6.07) is 0. The molecule has 0 aromatic rings. The van der Waals surface area contributed by atoms with E-state index in [4.69, 9.17) is 0 Å². The molecule has 0 aromatic carbocycles. The van der Waals surface area contributed by atoms with Crippen molar-refractivity contribution >= 4 is 0 Å². The van der Waals surface area contributed by atoms with E-state index in [1.54, 1.807) is 0 Å². The molecule has 0 heterocycles. The lowest BCUT2D eigenvalue weighted by Gasteiger charge is -2.35. The highest BCUT2D eigenvalue weighted by molar-refractivity contribution is 4.82. The zero-order valence-corrected chi connectivity index (χ0v) is 10.5. The molecule has 0 rings (SSSR count). The van der Waals surface area contributed by atoms with Crippen molar-refractivity contribution < 1.29 is 5.11 Å². The first-order valence-electron chi connectivity index (χ1n) is 6.34. The van der Waals surface area contributed by atoms with Gasteiger partial charge in [-0.05, 0) is 31.1 Å². The summed E-state index contributed by atoms with van der Waals surface area (Å²) >= 11 is 0. The molecule has 86 valence electrons. The second-order valence-electron chi connectivity index (χ2n) is 4.43. The third-order valence-electron chi connectivity index (χ3n) is 3.90. The van der Waals surface area contributed by atoms with Crippen LogP contribution in [0.5, 0.6) is 0 Å². The third-order valence-corrected chi connectivity index (χ3v) is 3.90. The number of rotatable bonds is 8. The van der Waals surface area contributed by atoms with Gasteiger partial charge in [-0.1, -0.05) is 47.0 Å². The Morgan fingerprint density at radius 2 is 1.43 bits per heavy atom. The second-order valence-corrected chi connectivity index (χ2v) is 4.43. The summed E-state index contributed by atoms with van der Waals surface area (Å²) in [5, 5.41) is 10.2. The molecule has 1 N–H and O–H groups in total. The largest absolute Gasteiger partial charge is 0.393 e. The predicted octanol–water partition coefficient (Wildman–Crippen LogP) is 4.14. The van der Waals surface area contributed by atoms with E-state index in [1.807, 2.05) is 0 Å². The Kier molecular flexibility index (Phi) is 7.26. The van der Waals surface area contributed by atoms with Crippen molar-refractivity contribution in [3.8, 4) is 0 Å². The van der Waals surface area contributed by atoms with Crippen molar-refractivity contribution in [2.24, 2.45) is 5.41 Å². The minimum Gasteiger partial charge on any atom is -0.393 e. The lowest BCUT2D eigenvalue weighted by atomic mass is 9.73. The second kappa shape index (κ2) is 7.28. The zero-order chi connectivity index (χ0) is 11.0. The molecule has 1 nitrogen and oxygen atoms in total. The average molecular weight is 200 g/mol. The number of aliphatic hydroxyl groups is 1. The summed E-state index contributed by atoms with van der Waals surface area (Å²) < 4.78 is 0. The van der Waals surface area contributed by atoms with Gasteiger partial charge in [-0.15, -0.1) is 0 Å². The molecule has 14 heavy (non-hydrogen) atoms. The van der Waals surface area contributed by atoms with Gasteiger partial charge in [0.1, 0.15) is 0 Å². The Morgan fingerprint density at radius 3 is 1.79 bits per heavy atom. The quantitative estimate of drug-likeness (QED) is 0.584. The van der Waals surface area contributed by atoms with Crippen molar-refractivity contribution in [2.45, 2.75) is 78.7 Å². The standard InChI is InChI=1S/C13H28O/c1-5-9-10-11-12(14)13(6-2,7-3)8-4/h12,14H,5-11H2,1-4H3. The van der Waals surface area contributed by atoms with E-state index in [9.17, 15) is 5.11 Å². The molecular weight excluding hydrogens is 172 g/mol. The van der Waals surface area contributed by atoms with Crippen LogP contribution in [0.4, 0.5) is 0 Å². The molecule has 0 aliphatic carbocycles. The summed E-state index contributed by atoms with van der Waals surface area (Å²) in [5.74, 6) is 0. The molecular formula is C13H28O. The van der Waals surface area contributed by atoms with E-state index < -0.39 is 0 Å². The predicted molar refractivity (Wildman–Crippen MR) is 63.5 cm³/mol. The summed E-state index contributed by atoms with van der Waals surface area (Å²) in [6.45, 7) is 8.82. The van der Waals surface area contributed by atoms with E-state index in [0.717, 1.165) is 25.7 Å². The van der Waals surface area contributed by atoms with Gasteiger partial charge < -0.3 is 5.11 Å². The summed E-state index contributed by atoms with van der Waals surface area (Å²) in [7, 11) is 0. The van der Waals surface area contributed by atoms with Gasteiger partial charge in [0.25, 0.3) is 0 Å². The smallest absolute Gasteiger partial charge is 0.0596 e. The van der Waals surface area contributed by atoms with E-state index in [-0.39, 0.29) is 11.5 Å². The maximum absolute atomic E-state index is 10.2. The molecule has 1 atom stereocenters. The van der Waals surface area contributed by atoms with Crippen LogP contribution in [0.25, 0.3) is 0 Å². The lowest BCUT2D eigenvalue weighted by molar-refractivity contribution is 0.00658. The van der Waals surface area contributed by atoms with E-state index >= 15 is 0 Å². The van der Waals surface area contributed by atoms with Gasteiger partial charge >= 0.3 is 0 Å². The van der Waals surface area contributed by atoms with Crippen LogP contribution in [-0.2, 0) is 0 Å². The number of hydrogen-bond acceptors (Lipinski definition) is 1. The molecule has 1 heteroatoms. The molecule has 0 amide bonds. The van der Waals surface area contributed by atoms with Gasteiger partial charge in [-0.3, -0.25) is 0 Å². The summed E-state index contributed by atoms with van der Waals surface area (Å²) in [5.41, 5.74) is 0.188. The number of unbranched alkanes of at least 4 members (excludes halogenated alkanes) is 2. The fraction of sp³-hybridized carbons (Fsp3) is 1.00. The van der Waals surface area contributed by atoms with Crippen LogP contribution in [0, 0.1) is 5.41 Å². The minimum absolute atomic E-state index is 0.0888. The Hall–Kier alpha value is -0.0400. The normalized spacial score (nSPS) is 14.4. The van der Waals surface area contributed by atoms with Crippen molar-refractivity contribution in [2.75, 3.05) is 0 Å². The Labute approximate surface area is 89.9 Å².